The third-order valence-electron chi connectivity index (χ3n) is 6.79. The van der Waals surface area contributed by atoms with Crippen LogP contribution in [0.4, 0.5) is 10.2 Å². The summed E-state index contributed by atoms with van der Waals surface area (Å²) in [4.78, 5) is 27.8. The van der Waals surface area contributed by atoms with Gasteiger partial charge >= 0.3 is 0 Å². The van der Waals surface area contributed by atoms with Crippen LogP contribution in [0.5, 0.6) is 17.2 Å². The van der Waals surface area contributed by atoms with Crippen molar-refractivity contribution in [3.63, 3.8) is 0 Å². The maximum Gasteiger partial charge on any atom is 0.257 e. The van der Waals surface area contributed by atoms with Gasteiger partial charge in [-0.25, -0.2) is 4.39 Å². The van der Waals surface area contributed by atoms with Gasteiger partial charge in [-0.15, -0.1) is 0 Å². The lowest BCUT2D eigenvalue weighted by Crippen LogP contribution is -2.35. The molecule has 1 aromatic heterocycles. The van der Waals surface area contributed by atoms with Gasteiger partial charge in [-0.2, -0.15) is 5.10 Å². The minimum atomic E-state index is -0.688. The zero-order valence-electron chi connectivity index (χ0n) is 20.7. The van der Waals surface area contributed by atoms with Crippen LogP contribution in [0.3, 0.4) is 0 Å². The average Bonchev–Trinajstić information content (AvgIpc) is 3.60. The van der Waals surface area contributed by atoms with Gasteiger partial charge in [0.15, 0.2) is 17.4 Å². The number of nitrogens with zero attached hydrogens (tertiary/aromatic N) is 3. The predicted octanol–water partition coefficient (Wildman–Crippen LogP) is 4.13. The molecular formula is C27H29FN4O5. The summed E-state index contributed by atoms with van der Waals surface area (Å²) < 4.78 is 28.1. The van der Waals surface area contributed by atoms with E-state index in [4.69, 9.17) is 9.47 Å². The van der Waals surface area contributed by atoms with Gasteiger partial charge in [0.2, 0.25) is 0 Å². The quantitative estimate of drug-likeness (QED) is 0.474. The van der Waals surface area contributed by atoms with Crippen LogP contribution >= 0.6 is 0 Å². The minimum Gasteiger partial charge on any atom is -0.488 e. The summed E-state index contributed by atoms with van der Waals surface area (Å²) in [5, 5.41) is 16.2. The number of hydrogen-bond donors (Lipinski definition) is 2. The maximum absolute atomic E-state index is 15.1. The first-order valence-corrected chi connectivity index (χ1v) is 12.3. The van der Waals surface area contributed by atoms with Gasteiger partial charge in [-0.1, -0.05) is 0 Å². The van der Waals surface area contributed by atoms with E-state index in [1.165, 1.54) is 30.3 Å². The molecule has 0 saturated carbocycles. The van der Waals surface area contributed by atoms with Crippen LogP contribution in [0.2, 0.25) is 0 Å². The van der Waals surface area contributed by atoms with Crippen molar-refractivity contribution in [1.29, 1.82) is 0 Å². The van der Waals surface area contributed by atoms with Crippen LogP contribution in [0.1, 0.15) is 53.3 Å². The fourth-order valence-electron chi connectivity index (χ4n) is 5.01. The Morgan fingerprint density at radius 2 is 1.78 bits per heavy atom. The van der Waals surface area contributed by atoms with E-state index in [9.17, 15) is 14.7 Å². The first-order valence-electron chi connectivity index (χ1n) is 12.3. The highest BCUT2D eigenvalue weighted by Gasteiger charge is 2.42. The number of ether oxygens (including phenoxy) is 2. The van der Waals surface area contributed by atoms with E-state index in [1.54, 1.807) is 37.0 Å². The molecule has 37 heavy (non-hydrogen) atoms. The Balaban J connectivity index is 1.37. The van der Waals surface area contributed by atoms with Gasteiger partial charge in [0.25, 0.3) is 11.8 Å². The zero-order chi connectivity index (χ0) is 26.1. The monoisotopic (exact) mass is 508 g/mol. The number of aromatic nitrogens is 2. The Hall–Kier alpha value is -3.92. The van der Waals surface area contributed by atoms with Crippen molar-refractivity contribution in [3.8, 4) is 17.2 Å². The van der Waals surface area contributed by atoms with Crippen LogP contribution < -0.4 is 14.8 Å². The lowest BCUT2D eigenvalue weighted by molar-refractivity contribution is 0.0729. The highest BCUT2D eigenvalue weighted by Crippen LogP contribution is 2.39. The second-order valence-electron chi connectivity index (χ2n) is 9.55. The molecule has 0 spiro atoms. The smallest absolute Gasteiger partial charge is 0.257 e. The molecule has 0 unspecified atom stereocenters. The molecule has 2 amide bonds. The molecule has 2 aliphatic heterocycles. The number of benzene rings is 2. The second-order valence-corrected chi connectivity index (χ2v) is 9.55. The first-order chi connectivity index (χ1) is 17.8. The molecule has 3 heterocycles. The lowest BCUT2D eigenvalue weighted by Gasteiger charge is -2.22. The zero-order valence-corrected chi connectivity index (χ0v) is 20.7. The molecule has 194 valence electrons. The van der Waals surface area contributed by atoms with Gasteiger partial charge in [-0.3, -0.25) is 14.3 Å². The third kappa shape index (κ3) is 5.29. The van der Waals surface area contributed by atoms with E-state index in [-0.39, 0.29) is 53.0 Å². The van der Waals surface area contributed by atoms with E-state index in [1.807, 2.05) is 4.90 Å². The van der Waals surface area contributed by atoms with Crippen molar-refractivity contribution in [2.75, 3.05) is 11.9 Å². The van der Waals surface area contributed by atoms with E-state index >= 15 is 4.39 Å². The third-order valence-corrected chi connectivity index (χ3v) is 6.79. The number of aliphatic hydroxyl groups is 1. The van der Waals surface area contributed by atoms with E-state index in [0.29, 0.717) is 5.82 Å². The molecule has 10 heteroatoms. The molecule has 0 aliphatic carbocycles. The van der Waals surface area contributed by atoms with E-state index in [0.717, 1.165) is 25.7 Å². The van der Waals surface area contributed by atoms with Crippen LogP contribution in [0.25, 0.3) is 0 Å². The molecule has 2 bridgehead atoms. The highest BCUT2D eigenvalue weighted by molar-refractivity contribution is 6.04. The largest absolute Gasteiger partial charge is 0.488 e. The van der Waals surface area contributed by atoms with E-state index in [2.05, 4.69) is 10.4 Å². The molecule has 5 rings (SSSR count). The van der Waals surface area contributed by atoms with Gasteiger partial charge < -0.3 is 24.8 Å². The fourth-order valence-corrected chi connectivity index (χ4v) is 5.01. The molecule has 2 saturated heterocycles. The normalized spacial score (nSPS) is 19.1. The summed E-state index contributed by atoms with van der Waals surface area (Å²) >= 11 is 0. The number of carbonyl (C=O) groups excluding carboxylic acids is 2. The molecule has 2 N–H and O–H groups in total. The number of rotatable bonds is 8. The highest BCUT2D eigenvalue weighted by atomic mass is 19.1. The summed E-state index contributed by atoms with van der Waals surface area (Å²) in [6, 6.07) is 10.8. The molecule has 1 atom stereocenters. The minimum absolute atomic E-state index is 0.0932. The van der Waals surface area contributed by atoms with Crippen molar-refractivity contribution in [2.24, 2.45) is 7.05 Å². The molecular weight excluding hydrogens is 479 g/mol. The average molecular weight is 509 g/mol. The molecule has 2 fully saturated rings. The van der Waals surface area contributed by atoms with Gasteiger partial charge in [-0.05, 0) is 62.9 Å². The van der Waals surface area contributed by atoms with Crippen molar-refractivity contribution >= 4 is 17.6 Å². The van der Waals surface area contributed by atoms with Crippen LogP contribution in [-0.4, -0.2) is 56.4 Å². The van der Waals surface area contributed by atoms with Crippen LogP contribution in [-0.2, 0) is 7.05 Å². The number of amides is 2. The summed E-state index contributed by atoms with van der Waals surface area (Å²) in [5.41, 5.74) is 0.480. The Kier molecular flexibility index (Phi) is 6.84. The van der Waals surface area contributed by atoms with Crippen LogP contribution in [0, 0.1) is 5.82 Å². The fraction of sp³-hybridized carbons (Fsp3) is 0.370. The van der Waals surface area contributed by atoms with Crippen molar-refractivity contribution in [3.05, 3.63) is 65.6 Å². The van der Waals surface area contributed by atoms with Crippen molar-refractivity contribution in [1.82, 2.24) is 14.7 Å². The molecule has 2 aromatic carbocycles. The lowest BCUT2D eigenvalue weighted by atomic mass is 10.0. The second kappa shape index (κ2) is 10.2. The number of halogens is 1. The molecule has 9 nitrogen and oxygen atoms in total. The number of hydrogen-bond acceptors (Lipinski definition) is 6. The van der Waals surface area contributed by atoms with Crippen LogP contribution in [0.15, 0.2) is 48.7 Å². The predicted molar refractivity (Wildman–Crippen MR) is 133 cm³/mol. The number of fused-ring (bicyclic) bond motifs is 2. The topological polar surface area (TPSA) is 106 Å². The number of anilines is 1. The van der Waals surface area contributed by atoms with Gasteiger partial charge in [0, 0.05) is 48.6 Å². The Morgan fingerprint density at radius 1 is 1.08 bits per heavy atom. The van der Waals surface area contributed by atoms with Crippen molar-refractivity contribution < 1.29 is 28.6 Å². The molecule has 2 aliphatic rings. The van der Waals surface area contributed by atoms with Gasteiger partial charge in [0.1, 0.15) is 17.6 Å². The summed E-state index contributed by atoms with van der Waals surface area (Å²) in [6.45, 7) is 1.44. The standard InChI is InChI=1S/C27H29FN4O5/c1-16(15-33)36-21-11-18(26(34)29-25-9-10-31(2)30-25)12-22(14-21)37-24-8-3-17(13-23(24)28)27(35)32-19-4-5-20(32)7-6-19/h3,8-14,16,19-20,33H,4-7,15H2,1-2H3,(H,29,30,34)/t16-,19?,20?/m0/s1. The van der Waals surface area contributed by atoms with Gasteiger partial charge in [0.05, 0.1) is 6.61 Å². The van der Waals surface area contributed by atoms with E-state index < -0.39 is 17.8 Å². The Labute approximate surface area is 213 Å². The first kappa shape index (κ1) is 24.8. The number of aliphatic hydroxyl groups excluding tert-OH is 1. The number of nitrogens with one attached hydrogen (secondary N) is 1. The summed E-state index contributed by atoms with van der Waals surface area (Å²) in [5.74, 6) is -0.616. The number of carbonyl (C=O) groups is 2. The SMILES string of the molecule is C[C@@H](CO)Oc1cc(Oc2ccc(C(=O)N3C4CCC3CC4)cc2F)cc(C(=O)Nc2ccn(C)n2)c1. The Morgan fingerprint density at radius 3 is 2.41 bits per heavy atom. The number of aryl methyl sites for hydroxylation is 1. The molecule has 3 aromatic rings. The Bertz CT molecular complexity index is 1310. The summed E-state index contributed by atoms with van der Waals surface area (Å²) in [6.07, 6.45) is 5.17. The maximum atomic E-state index is 15.1. The summed E-state index contributed by atoms with van der Waals surface area (Å²) in [7, 11) is 1.73. The molecule has 0 radical (unpaired) electrons. The van der Waals surface area contributed by atoms with Crippen molar-refractivity contribution in [2.45, 2.75) is 50.8 Å².